The van der Waals surface area contributed by atoms with E-state index < -0.39 is 45.5 Å². The van der Waals surface area contributed by atoms with Crippen molar-refractivity contribution in [1.82, 2.24) is 0 Å². The maximum Gasteiger partial charge on any atom is 0.310 e. The van der Waals surface area contributed by atoms with Gasteiger partial charge in [-0.15, -0.1) is 0 Å². The zero-order valence-electron chi connectivity index (χ0n) is 38.5. The molecule has 0 bridgehead atoms. The van der Waals surface area contributed by atoms with Crippen molar-refractivity contribution in [1.29, 1.82) is 0 Å². The summed E-state index contributed by atoms with van der Waals surface area (Å²) in [5.41, 5.74) is 9.20. The van der Waals surface area contributed by atoms with Crippen LogP contribution in [0.2, 0.25) is 0 Å². The van der Waals surface area contributed by atoms with Crippen LogP contribution < -0.4 is 0 Å². The number of hydrogen-bond donors (Lipinski definition) is 4. The van der Waals surface area contributed by atoms with Crippen LogP contribution in [0.15, 0.2) is 18.2 Å². The maximum atomic E-state index is 13.1. The van der Waals surface area contributed by atoms with Crippen LogP contribution in [0.25, 0.3) is 0 Å². The molecular formula is C52H78O8. The Morgan fingerprint density at radius 1 is 0.567 bits per heavy atom. The molecule has 2 aliphatic carbocycles. The van der Waals surface area contributed by atoms with Gasteiger partial charge in [-0.2, -0.15) is 0 Å². The van der Waals surface area contributed by atoms with E-state index in [9.17, 15) is 39.6 Å². The summed E-state index contributed by atoms with van der Waals surface area (Å²) < 4.78 is 0. The molecular weight excluding hydrogens is 753 g/mol. The van der Waals surface area contributed by atoms with Crippen LogP contribution >= 0.6 is 0 Å². The summed E-state index contributed by atoms with van der Waals surface area (Å²) in [5.74, 6) is -2.87. The minimum absolute atomic E-state index is 0.0183. The largest absolute Gasteiger partial charge is 0.481 e. The third-order valence-electron chi connectivity index (χ3n) is 15.0. The van der Waals surface area contributed by atoms with E-state index in [1.54, 1.807) is 27.7 Å². The van der Waals surface area contributed by atoms with Gasteiger partial charge in [0.1, 0.15) is 0 Å². The first-order valence-electron chi connectivity index (χ1n) is 23.3. The van der Waals surface area contributed by atoms with Gasteiger partial charge in [-0.3, -0.25) is 19.2 Å². The molecule has 8 heteroatoms. The van der Waals surface area contributed by atoms with E-state index in [2.05, 4.69) is 45.9 Å². The number of unbranched alkanes of at least 4 members (excludes halogenated alkanes) is 8. The highest BCUT2D eigenvalue weighted by Crippen LogP contribution is 2.63. The molecule has 2 unspecified atom stereocenters. The molecule has 0 spiro atoms. The first-order chi connectivity index (χ1) is 28.2. The molecule has 2 saturated carbocycles. The van der Waals surface area contributed by atoms with E-state index in [1.165, 1.54) is 50.1 Å². The summed E-state index contributed by atoms with van der Waals surface area (Å²) in [6.45, 7) is 15.9. The van der Waals surface area contributed by atoms with Crippen molar-refractivity contribution in [2.75, 3.05) is 0 Å². The van der Waals surface area contributed by atoms with Crippen LogP contribution in [0.4, 0.5) is 0 Å². The summed E-state index contributed by atoms with van der Waals surface area (Å²) in [4.78, 5) is 48.1. The molecule has 2 fully saturated rings. The van der Waals surface area contributed by atoms with Gasteiger partial charge >= 0.3 is 23.9 Å². The molecule has 0 amide bonds. The van der Waals surface area contributed by atoms with Crippen molar-refractivity contribution in [3.05, 3.63) is 68.3 Å². The van der Waals surface area contributed by atoms with Crippen molar-refractivity contribution in [2.24, 2.45) is 21.7 Å². The lowest BCUT2D eigenvalue weighted by Gasteiger charge is -2.21. The lowest BCUT2D eigenvalue weighted by atomic mass is 9.83. The van der Waals surface area contributed by atoms with Gasteiger partial charge in [0.05, 0.1) is 21.7 Å². The molecule has 8 nitrogen and oxygen atoms in total. The fourth-order valence-electron chi connectivity index (χ4n) is 9.82. The Morgan fingerprint density at radius 2 is 1.07 bits per heavy atom. The van der Waals surface area contributed by atoms with Crippen molar-refractivity contribution in [2.45, 2.75) is 209 Å². The standard InChI is InChI=1S/C52H78O8/c1-35-25-26-43(42(24-16-10-18-28-50(7,8)46(55)56)40(35)22-14-11-19-29-51(31-32-51)47(57)58)44-34-52(44,48(59)60)30-20-12-15-23-41-38(4)37(3)36(2)33-39(41)21-13-9-17-27-49(5,6)45(53)54/h25-26,33,44H,9-24,27-32,34H2,1-8H3,(H,53,54)(H,55,56)(H,57,58)(H,59,60). The fraction of sp³-hybridized carbons (Fsp3) is 0.692. The Balaban J connectivity index is 1.40. The average Bonchev–Trinajstić information content (AvgIpc) is 4.11. The topological polar surface area (TPSA) is 149 Å². The third kappa shape index (κ3) is 12.5. The molecule has 4 rings (SSSR count). The van der Waals surface area contributed by atoms with Gasteiger partial charge in [-0.1, -0.05) is 69.6 Å². The quantitative estimate of drug-likeness (QED) is 0.0592. The molecule has 0 radical (unpaired) electrons. The summed E-state index contributed by atoms with van der Waals surface area (Å²) in [5, 5.41) is 39.5. The molecule has 0 heterocycles. The molecule has 2 atom stereocenters. The van der Waals surface area contributed by atoms with Crippen LogP contribution in [0, 0.1) is 49.4 Å². The Hall–Kier alpha value is -3.68. The Morgan fingerprint density at radius 3 is 1.58 bits per heavy atom. The summed E-state index contributed by atoms with van der Waals surface area (Å²) >= 11 is 0. The average molecular weight is 831 g/mol. The van der Waals surface area contributed by atoms with Gasteiger partial charge in [0.15, 0.2) is 0 Å². The summed E-state index contributed by atoms with van der Waals surface area (Å²) in [7, 11) is 0. The number of carboxylic acid groups (broad SMARTS) is 4. The zero-order valence-corrected chi connectivity index (χ0v) is 38.5. The van der Waals surface area contributed by atoms with Gasteiger partial charge in [-0.05, 0) is 202 Å². The van der Waals surface area contributed by atoms with Crippen molar-refractivity contribution >= 4 is 23.9 Å². The first kappa shape index (κ1) is 49.0. The zero-order chi connectivity index (χ0) is 44.5. The highest BCUT2D eigenvalue weighted by molar-refractivity contribution is 5.81. The van der Waals surface area contributed by atoms with Gasteiger partial charge in [0.25, 0.3) is 0 Å². The Labute approximate surface area is 361 Å². The predicted molar refractivity (Wildman–Crippen MR) is 240 cm³/mol. The number of benzene rings is 2. The number of aliphatic carboxylic acids is 4. The fourth-order valence-corrected chi connectivity index (χ4v) is 9.82. The number of carboxylic acids is 4. The molecule has 0 aliphatic heterocycles. The molecule has 4 N–H and O–H groups in total. The van der Waals surface area contributed by atoms with Crippen LogP contribution in [0.5, 0.6) is 0 Å². The molecule has 2 aromatic carbocycles. The number of carbonyl (C=O) groups is 4. The van der Waals surface area contributed by atoms with Crippen molar-refractivity contribution in [3.63, 3.8) is 0 Å². The number of rotatable bonds is 29. The Bertz CT molecular complexity index is 1830. The highest BCUT2D eigenvalue weighted by Gasteiger charge is 2.60. The molecule has 2 aromatic rings. The second-order valence-corrected chi connectivity index (χ2v) is 20.4. The SMILES string of the molecule is Cc1cc(CCCCCC(C)(C)C(=O)O)c(CCCCCC2(C(=O)O)CC2c2ccc(C)c(CCCCCC3(C(=O)O)CC3)c2CCCCCC(C)(C)C(=O)O)c(C)c1C. The smallest absolute Gasteiger partial charge is 0.310 e. The monoisotopic (exact) mass is 831 g/mol. The third-order valence-corrected chi connectivity index (χ3v) is 15.0. The van der Waals surface area contributed by atoms with E-state index in [4.69, 9.17) is 0 Å². The van der Waals surface area contributed by atoms with Gasteiger partial charge in [-0.25, -0.2) is 0 Å². The van der Waals surface area contributed by atoms with E-state index in [-0.39, 0.29) is 5.92 Å². The molecule has 2 aliphatic rings. The van der Waals surface area contributed by atoms with E-state index in [0.717, 1.165) is 122 Å². The normalized spacial score (nSPS) is 18.4. The van der Waals surface area contributed by atoms with Gasteiger partial charge in [0, 0.05) is 5.92 Å². The number of hydrogen-bond acceptors (Lipinski definition) is 4. The van der Waals surface area contributed by atoms with Crippen molar-refractivity contribution < 1.29 is 39.6 Å². The predicted octanol–water partition coefficient (Wildman–Crippen LogP) is 12.7. The van der Waals surface area contributed by atoms with Crippen LogP contribution in [0.3, 0.4) is 0 Å². The van der Waals surface area contributed by atoms with E-state index in [0.29, 0.717) is 25.7 Å². The van der Waals surface area contributed by atoms with Gasteiger partial charge < -0.3 is 20.4 Å². The van der Waals surface area contributed by atoms with Gasteiger partial charge in [0.2, 0.25) is 0 Å². The van der Waals surface area contributed by atoms with E-state index in [1.807, 2.05) is 0 Å². The minimum Gasteiger partial charge on any atom is -0.481 e. The van der Waals surface area contributed by atoms with E-state index >= 15 is 0 Å². The van der Waals surface area contributed by atoms with Crippen LogP contribution in [-0.2, 0) is 44.9 Å². The lowest BCUT2D eigenvalue weighted by Crippen LogP contribution is -2.23. The minimum atomic E-state index is -0.770. The summed E-state index contributed by atoms with van der Waals surface area (Å²) in [6.07, 6.45) is 20.0. The lowest BCUT2D eigenvalue weighted by molar-refractivity contribution is -0.148. The molecule has 0 aromatic heterocycles. The Kier molecular flexibility index (Phi) is 17.1. The molecule has 60 heavy (non-hydrogen) atoms. The first-order valence-corrected chi connectivity index (χ1v) is 23.3. The molecule has 334 valence electrons. The maximum absolute atomic E-state index is 13.1. The summed E-state index contributed by atoms with van der Waals surface area (Å²) in [6, 6.07) is 6.72. The number of aryl methyl sites for hydroxylation is 3. The second-order valence-electron chi connectivity index (χ2n) is 20.4. The van der Waals surface area contributed by atoms with Crippen LogP contribution in [-0.4, -0.2) is 44.3 Å². The molecule has 0 saturated heterocycles. The highest BCUT2D eigenvalue weighted by atomic mass is 16.4. The van der Waals surface area contributed by atoms with Crippen molar-refractivity contribution in [3.8, 4) is 0 Å². The van der Waals surface area contributed by atoms with Crippen LogP contribution in [0.1, 0.15) is 206 Å². The second kappa shape index (κ2) is 20.9.